The molecule has 0 aromatic heterocycles. The van der Waals surface area contributed by atoms with Crippen LogP contribution in [0.3, 0.4) is 0 Å². The van der Waals surface area contributed by atoms with Crippen molar-refractivity contribution in [2.75, 3.05) is 13.2 Å². The van der Waals surface area contributed by atoms with Crippen LogP contribution in [0, 0.1) is 20.2 Å². The average Bonchev–Trinajstić information content (AvgIpc) is 2.78. The van der Waals surface area contributed by atoms with Crippen molar-refractivity contribution < 1.29 is 28.9 Å². The normalized spacial score (nSPS) is 10.6. The molecule has 14 nitrogen and oxygen atoms in total. The van der Waals surface area contributed by atoms with Gasteiger partial charge in [-0.15, -0.1) is 0 Å². The minimum atomic E-state index is -0.685. The lowest BCUT2D eigenvalue weighted by Crippen LogP contribution is -2.25. The van der Waals surface area contributed by atoms with Crippen molar-refractivity contribution in [3.63, 3.8) is 0 Å². The number of carbonyl (C=O) groups is 2. The van der Waals surface area contributed by atoms with Crippen molar-refractivity contribution in [1.82, 2.24) is 10.9 Å². The summed E-state index contributed by atoms with van der Waals surface area (Å²) in [7, 11) is 0. The molecule has 0 radical (unpaired) electrons. The molecule has 0 heterocycles. The van der Waals surface area contributed by atoms with Crippen molar-refractivity contribution in [3.05, 3.63) is 68.8 Å². The summed E-state index contributed by atoms with van der Waals surface area (Å²) in [4.78, 5) is 43.7. The molecular weight excluding hydrogens is 428 g/mol. The fraction of sp³-hybridized carbons (Fsp3) is 0.111. The fourth-order valence-corrected chi connectivity index (χ4v) is 2.10. The second kappa shape index (κ2) is 12.0. The third kappa shape index (κ3) is 7.51. The van der Waals surface area contributed by atoms with E-state index in [-0.39, 0.29) is 22.9 Å². The van der Waals surface area contributed by atoms with Crippen molar-refractivity contribution in [1.29, 1.82) is 0 Å². The van der Waals surface area contributed by atoms with Gasteiger partial charge in [0, 0.05) is 12.1 Å². The maximum atomic E-state index is 11.6. The molecule has 0 unspecified atom stereocenters. The molecule has 0 aliphatic carbocycles. The summed E-state index contributed by atoms with van der Waals surface area (Å²) in [6.07, 6.45) is 2.10. The largest absolute Gasteiger partial charge is 0.477 e. The van der Waals surface area contributed by atoms with Crippen LogP contribution in [-0.2, 0) is 9.59 Å². The predicted molar refractivity (Wildman–Crippen MR) is 110 cm³/mol. The molecular formula is C18H16N6O8. The Kier molecular flexibility index (Phi) is 8.75. The van der Waals surface area contributed by atoms with E-state index in [4.69, 9.17) is 9.47 Å². The molecule has 14 heteroatoms. The zero-order valence-electron chi connectivity index (χ0n) is 16.2. The van der Waals surface area contributed by atoms with Gasteiger partial charge in [0.15, 0.2) is 24.7 Å². The molecule has 0 atom stereocenters. The molecule has 166 valence electrons. The lowest BCUT2D eigenvalue weighted by atomic mass is 10.3. The second-order valence-electron chi connectivity index (χ2n) is 5.65. The molecule has 2 N–H and O–H groups in total. The van der Waals surface area contributed by atoms with E-state index in [9.17, 15) is 29.8 Å². The van der Waals surface area contributed by atoms with E-state index in [1.54, 1.807) is 0 Å². The molecule has 2 rings (SSSR count). The van der Waals surface area contributed by atoms with Crippen LogP contribution in [0.4, 0.5) is 11.4 Å². The molecule has 2 aromatic carbocycles. The number of nitro groups is 2. The summed E-state index contributed by atoms with van der Waals surface area (Å²) in [5.74, 6) is -1.50. The lowest BCUT2D eigenvalue weighted by Gasteiger charge is -2.05. The number of ether oxygens (including phenoxy) is 2. The van der Waals surface area contributed by atoms with Crippen molar-refractivity contribution in [3.8, 4) is 11.5 Å². The van der Waals surface area contributed by atoms with Crippen LogP contribution in [0.5, 0.6) is 11.5 Å². The first-order chi connectivity index (χ1) is 15.4. The highest BCUT2D eigenvalue weighted by Crippen LogP contribution is 2.26. The number of para-hydroxylation sites is 4. The van der Waals surface area contributed by atoms with E-state index < -0.39 is 34.9 Å². The number of benzene rings is 2. The SMILES string of the molecule is O=C(COc1ccccc1[N+](=O)[O-])N/N=C\C=N/NC(=O)COc1ccccc1[N+](=O)[O-]. The highest BCUT2D eigenvalue weighted by Gasteiger charge is 2.15. The zero-order valence-corrected chi connectivity index (χ0v) is 16.2. The minimum Gasteiger partial charge on any atom is -0.477 e. The Bertz CT molecular complexity index is 972. The standard InChI is InChI=1S/C18H16N6O8/c25-17(11-31-15-7-3-1-5-13(15)23(27)28)21-19-9-10-20-22-18(26)12-32-16-8-4-2-6-14(16)24(29)30/h1-10H,11-12H2,(H,21,25)(H,22,26)/b19-9-,20-10-. The summed E-state index contributed by atoms with van der Waals surface area (Å²) in [5, 5.41) is 28.8. The van der Waals surface area contributed by atoms with Gasteiger partial charge in [0.2, 0.25) is 0 Å². The smallest absolute Gasteiger partial charge is 0.310 e. The maximum absolute atomic E-state index is 11.6. The summed E-state index contributed by atoms with van der Waals surface area (Å²) in [6, 6.07) is 11.2. The van der Waals surface area contributed by atoms with Crippen LogP contribution in [0.15, 0.2) is 58.7 Å². The average molecular weight is 444 g/mol. The van der Waals surface area contributed by atoms with Crippen molar-refractivity contribution >= 4 is 35.6 Å². The molecule has 0 bridgehead atoms. The Labute approximate surface area is 179 Å². The van der Waals surface area contributed by atoms with E-state index in [1.807, 2.05) is 0 Å². The summed E-state index contributed by atoms with van der Waals surface area (Å²) < 4.78 is 10.2. The Morgan fingerprint density at radius 3 is 1.53 bits per heavy atom. The lowest BCUT2D eigenvalue weighted by molar-refractivity contribution is -0.386. The minimum absolute atomic E-state index is 0.0658. The van der Waals surface area contributed by atoms with Crippen LogP contribution < -0.4 is 20.3 Å². The molecule has 32 heavy (non-hydrogen) atoms. The van der Waals surface area contributed by atoms with Gasteiger partial charge in [0.1, 0.15) is 0 Å². The van der Waals surface area contributed by atoms with E-state index in [2.05, 4.69) is 21.1 Å². The number of nitro benzene ring substituents is 2. The molecule has 0 aliphatic rings. The van der Waals surface area contributed by atoms with Gasteiger partial charge in [0.25, 0.3) is 11.8 Å². The molecule has 0 saturated carbocycles. The third-order valence-corrected chi connectivity index (χ3v) is 3.44. The van der Waals surface area contributed by atoms with Crippen LogP contribution in [0.2, 0.25) is 0 Å². The predicted octanol–water partition coefficient (Wildman–Crippen LogP) is 1.16. The fourth-order valence-electron chi connectivity index (χ4n) is 2.10. The molecule has 0 aliphatic heterocycles. The number of amides is 2. The van der Waals surface area contributed by atoms with Crippen molar-refractivity contribution in [2.24, 2.45) is 10.2 Å². The molecule has 2 amide bonds. The number of hydrogen-bond acceptors (Lipinski definition) is 10. The second-order valence-corrected chi connectivity index (χ2v) is 5.65. The van der Waals surface area contributed by atoms with E-state index in [0.29, 0.717) is 0 Å². The number of hydrazone groups is 2. The van der Waals surface area contributed by atoms with E-state index >= 15 is 0 Å². The van der Waals surface area contributed by atoms with Gasteiger partial charge in [0.05, 0.1) is 22.3 Å². The Hall–Kier alpha value is -4.88. The number of nitrogens with one attached hydrogen (secondary N) is 2. The molecule has 0 fully saturated rings. The van der Waals surface area contributed by atoms with Crippen LogP contribution in [0.1, 0.15) is 0 Å². The first-order valence-electron chi connectivity index (χ1n) is 8.73. The maximum Gasteiger partial charge on any atom is 0.310 e. The number of nitrogens with zero attached hydrogens (tertiary/aromatic N) is 4. The van der Waals surface area contributed by atoms with Crippen LogP contribution in [-0.4, -0.2) is 47.3 Å². The van der Waals surface area contributed by atoms with Gasteiger partial charge < -0.3 is 9.47 Å². The first-order valence-corrected chi connectivity index (χ1v) is 8.73. The Morgan fingerprint density at radius 1 is 0.781 bits per heavy atom. The summed E-state index contributed by atoms with van der Waals surface area (Å²) >= 11 is 0. The monoisotopic (exact) mass is 444 g/mol. The molecule has 0 saturated heterocycles. The third-order valence-electron chi connectivity index (χ3n) is 3.44. The highest BCUT2D eigenvalue weighted by atomic mass is 16.6. The summed E-state index contributed by atoms with van der Waals surface area (Å²) in [6.45, 7) is -1.03. The number of rotatable bonds is 11. The van der Waals surface area contributed by atoms with Gasteiger partial charge in [-0.3, -0.25) is 29.8 Å². The van der Waals surface area contributed by atoms with Gasteiger partial charge >= 0.3 is 11.4 Å². The summed E-state index contributed by atoms with van der Waals surface area (Å²) in [5.41, 5.74) is 3.63. The van der Waals surface area contributed by atoms with Crippen molar-refractivity contribution in [2.45, 2.75) is 0 Å². The number of carbonyl (C=O) groups excluding carboxylic acids is 2. The van der Waals surface area contributed by atoms with Crippen LogP contribution in [0.25, 0.3) is 0 Å². The number of hydrogen-bond donors (Lipinski definition) is 2. The van der Waals surface area contributed by atoms with E-state index in [1.165, 1.54) is 48.5 Å². The molecule has 0 spiro atoms. The topological polar surface area (TPSA) is 188 Å². The highest BCUT2D eigenvalue weighted by molar-refractivity contribution is 6.16. The van der Waals surface area contributed by atoms with Gasteiger partial charge in [-0.1, -0.05) is 24.3 Å². The van der Waals surface area contributed by atoms with E-state index in [0.717, 1.165) is 12.4 Å². The molecule has 2 aromatic rings. The quantitative estimate of drug-likeness (QED) is 0.293. The van der Waals surface area contributed by atoms with Crippen LogP contribution >= 0.6 is 0 Å². The zero-order chi connectivity index (χ0) is 23.3. The van der Waals surface area contributed by atoms with Gasteiger partial charge in [-0.25, -0.2) is 10.9 Å². The first kappa shape index (κ1) is 23.4. The van der Waals surface area contributed by atoms with Gasteiger partial charge in [-0.05, 0) is 12.1 Å². The van der Waals surface area contributed by atoms with Gasteiger partial charge in [-0.2, -0.15) is 10.2 Å². The Balaban J connectivity index is 1.69. The Morgan fingerprint density at radius 2 is 1.16 bits per heavy atom.